The van der Waals surface area contributed by atoms with Gasteiger partial charge in [0.15, 0.2) is 5.76 Å². The van der Waals surface area contributed by atoms with Gasteiger partial charge >= 0.3 is 0 Å². The smallest absolute Gasteiger partial charge is 0.290 e. The van der Waals surface area contributed by atoms with Gasteiger partial charge in [-0.1, -0.05) is 6.07 Å². The number of hydrogen-bond donors (Lipinski definition) is 1. The van der Waals surface area contributed by atoms with Crippen LogP contribution in [0.5, 0.6) is 0 Å². The van der Waals surface area contributed by atoms with Crippen LogP contribution in [0.2, 0.25) is 0 Å². The van der Waals surface area contributed by atoms with Crippen LogP contribution < -0.4 is 5.32 Å². The van der Waals surface area contributed by atoms with Gasteiger partial charge < -0.3 is 14.6 Å². The molecule has 0 bridgehead atoms. The molecule has 0 radical (unpaired) electrons. The van der Waals surface area contributed by atoms with Gasteiger partial charge in [-0.25, -0.2) is 0 Å². The molecule has 6 heteroatoms. The minimum atomic E-state index is -0.0677. The molecule has 1 saturated heterocycles. The lowest BCUT2D eigenvalue weighted by Crippen LogP contribution is -2.48. The second-order valence-corrected chi connectivity index (χ2v) is 6.59. The Hall–Kier alpha value is -2.37. The number of pyridine rings is 1. The van der Waals surface area contributed by atoms with E-state index in [9.17, 15) is 4.79 Å². The van der Waals surface area contributed by atoms with Gasteiger partial charge in [0.25, 0.3) is 5.91 Å². The van der Waals surface area contributed by atoms with Crippen molar-refractivity contribution in [2.75, 3.05) is 19.6 Å². The molecule has 0 saturated carbocycles. The summed E-state index contributed by atoms with van der Waals surface area (Å²) in [5.74, 6) is 0.331. The summed E-state index contributed by atoms with van der Waals surface area (Å²) in [7, 11) is 0. The first-order chi connectivity index (χ1) is 12.1. The third-order valence-corrected chi connectivity index (χ3v) is 4.92. The van der Waals surface area contributed by atoms with Gasteiger partial charge in [-0.15, -0.1) is 12.4 Å². The molecule has 1 aliphatic heterocycles. The molecule has 3 heterocycles. The zero-order chi connectivity index (χ0) is 17.4. The van der Waals surface area contributed by atoms with Gasteiger partial charge in [0.05, 0.1) is 6.04 Å². The molecule has 1 aromatic carbocycles. The lowest BCUT2D eigenvalue weighted by atomic mass is 10.0. The van der Waals surface area contributed by atoms with Crippen molar-refractivity contribution in [3.05, 3.63) is 65.2 Å². The van der Waals surface area contributed by atoms with Gasteiger partial charge in [0, 0.05) is 37.4 Å². The van der Waals surface area contributed by atoms with E-state index in [-0.39, 0.29) is 24.4 Å². The molecule has 2 aromatic heterocycles. The van der Waals surface area contributed by atoms with Gasteiger partial charge in [-0.3, -0.25) is 9.78 Å². The van der Waals surface area contributed by atoms with Crippen LogP contribution in [0.15, 0.2) is 47.1 Å². The van der Waals surface area contributed by atoms with Crippen LogP contribution in [-0.4, -0.2) is 35.4 Å². The lowest BCUT2D eigenvalue weighted by molar-refractivity contribution is 0.0603. The first kappa shape index (κ1) is 18.4. The van der Waals surface area contributed by atoms with Crippen molar-refractivity contribution in [2.45, 2.75) is 19.9 Å². The third kappa shape index (κ3) is 3.32. The molecule has 1 N–H and O–H groups in total. The van der Waals surface area contributed by atoms with Crippen LogP contribution in [-0.2, 0) is 0 Å². The fourth-order valence-electron chi connectivity index (χ4n) is 3.37. The Labute approximate surface area is 158 Å². The zero-order valence-electron chi connectivity index (χ0n) is 14.9. The number of nitrogens with one attached hydrogen (secondary N) is 1. The number of benzene rings is 1. The standard InChI is InChI=1S/C20H21N3O2.ClH/c1-13-8-16-10-19(25-18(16)9-14(13)2)20(24)23-7-6-22-12-17(23)15-4-3-5-21-11-15;/h3-5,8-11,17,22H,6-7,12H2,1-2H3;1H. The summed E-state index contributed by atoms with van der Waals surface area (Å²) in [6.45, 7) is 6.26. The van der Waals surface area contributed by atoms with Crippen molar-refractivity contribution < 1.29 is 9.21 Å². The molecular weight excluding hydrogens is 350 g/mol. The van der Waals surface area contributed by atoms with E-state index >= 15 is 0 Å². The Morgan fingerprint density at radius 2 is 2.08 bits per heavy atom. The van der Waals surface area contributed by atoms with Crippen molar-refractivity contribution in [3.63, 3.8) is 0 Å². The number of carbonyl (C=O) groups excluding carboxylic acids is 1. The van der Waals surface area contributed by atoms with Crippen LogP contribution >= 0.6 is 12.4 Å². The number of aryl methyl sites for hydroxylation is 2. The predicted molar refractivity (Wildman–Crippen MR) is 104 cm³/mol. The molecule has 5 nitrogen and oxygen atoms in total. The van der Waals surface area contributed by atoms with E-state index in [4.69, 9.17) is 4.42 Å². The molecule has 1 fully saturated rings. The molecule has 0 aliphatic carbocycles. The number of furan rings is 1. The number of carbonyl (C=O) groups is 1. The molecule has 3 aromatic rings. The molecule has 1 amide bonds. The third-order valence-electron chi connectivity index (χ3n) is 4.92. The van der Waals surface area contributed by atoms with E-state index < -0.39 is 0 Å². The van der Waals surface area contributed by atoms with E-state index in [1.54, 1.807) is 6.20 Å². The maximum absolute atomic E-state index is 13.1. The van der Waals surface area contributed by atoms with Gasteiger partial charge in [-0.05, 0) is 54.8 Å². The molecule has 1 aliphatic rings. The molecule has 1 atom stereocenters. The SMILES string of the molecule is Cc1cc2cc(C(=O)N3CCNCC3c3cccnc3)oc2cc1C.Cl. The number of fused-ring (bicyclic) bond motifs is 1. The van der Waals surface area contributed by atoms with E-state index in [1.165, 1.54) is 5.56 Å². The summed E-state index contributed by atoms with van der Waals surface area (Å²) in [5, 5.41) is 4.33. The molecule has 0 spiro atoms. The van der Waals surface area contributed by atoms with Crippen molar-refractivity contribution in [1.29, 1.82) is 0 Å². The van der Waals surface area contributed by atoms with Crippen LogP contribution in [0.1, 0.15) is 33.3 Å². The number of aromatic nitrogens is 1. The maximum atomic E-state index is 13.1. The van der Waals surface area contributed by atoms with Crippen molar-refractivity contribution >= 4 is 29.3 Å². The molecular formula is C20H22ClN3O2. The number of rotatable bonds is 2. The Balaban J connectivity index is 0.00000196. The summed E-state index contributed by atoms with van der Waals surface area (Å²) in [5.41, 5.74) is 4.16. The first-order valence-electron chi connectivity index (χ1n) is 8.56. The number of amides is 1. The fraction of sp³-hybridized carbons (Fsp3) is 0.300. The highest BCUT2D eigenvalue weighted by atomic mass is 35.5. The predicted octanol–water partition coefficient (Wildman–Crippen LogP) is 3.65. The largest absolute Gasteiger partial charge is 0.451 e. The van der Waals surface area contributed by atoms with Gasteiger partial charge in [0.2, 0.25) is 0 Å². The Bertz CT molecular complexity index is 884. The van der Waals surface area contributed by atoms with Gasteiger partial charge in [0.1, 0.15) is 5.58 Å². The Morgan fingerprint density at radius 3 is 2.85 bits per heavy atom. The second kappa shape index (κ2) is 7.48. The van der Waals surface area contributed by atoms with Gasteiger partial charge in [-0.2, -0.15) is 0 Å². The molecule has 26 heavy (non-hydrogen) atoms. The minimum Gasteiger partial charge on any atom is -0.451 e. The topological polar surface area (TPSA) is 58.4 Å². The average Bonchev–Trinajstić information content (AvgIpc) is 3.05. The summed E-state index contributed by atoms with van der Waals surface area (Å²) in [4.78, 5) is 19.2. The van der Waals surface area contributed by atoms with E-state index in [0.717, 1.165) is 35.2 Å². The highest BCUT2D eigenvalue weighted by Gasteiger charge is 2.30. The number of hydrogen-bond acceptors (Lipinski definition) is 4. The van der Waals surface area contributed by atoms with Crippen molar-refractivity contribution in [1.82, 2.24) is 15.2 Å². The maximum Gasteiger partial charge on any atom is 0.290 e. The van der Waals surface area contributed by atoms with Crippen LogP contribution in [0.4, 0.5) is 0 Å². The highest BCUT2D eigenvalue weighted by Crippen LogP contribution is 2.27. The summed E-state index contributed by atoms with van der Waals surface area (Å²) in [6, 6.07) is 9.80. The fourth-order valence-corrected chi connectivity index (χ4v) is 3.37. The van der Waals surface area contributed by atoms with Crippen LogP contribution in [0, 0.1) is 13.8 Å². The zero-order valence-corrected chi connectivity index (χ0v) is 15.7. The van der Waals surface area contributed by atoms with E-state index in [1.807, 2.05) is 42.3 Å². The summed E-state index contributed by atoms with van der Waals surface area (Å²) < 4.78 is 5.88. The van der Waals surface area contributed by atoms with Crippen LogP contribution in [0.3, 0.4) is 0 Å². The summed E-state index contributed by atoms with van der Waals surface area (Å²) >= 11 is 0. The van der Waals surface area contributed by atoms with Crippen molar-refractivity contribution in [2.24, 2.45) is 0 Å². The normalized spacial score (nSPS) is 17.2. The quantitative estimate of drug-likeness (QED) is 0.747. The second-order valence-electron chi connectivity index (χ2n) is 6.59. The van der Waals surface area contributed by atoms with Crippen molar-refractivity contribution in [3.8, 4) is 0 Å². The summed E-state index contributed by atoms with van der Waals surface area (Å²) in [6.07, 6.45) is 3.57. The molecule has 136 valence electrons. The molecule has 4 rings (SSSR count). The number of piperazine rings is 1. The first-order valence-corrected chi connectivity index (χ1v) is 8.56. The monoisotopic (exact) mass is 371 g/mol. The Morgan fingerprint density at radius 1 is 1.27 bits per heavy atom. The van der Waals surface area contributed by atoms with E-state index in [0.29, 0.717) is 12.3 Å². The highest BCUT2D eigenvalue weighted by molar-refractivity contribution is 5.96. The molecule has 1 unspecified atom stereocenters. The average molecular weight is 372 g/mol. The number of nitrogens with zero attached hydrogens (tertiary/aromatic N) is 2. The lowest BCUT2D eigenvalue weighted by Gasteiger charge is -2.35. The Kier molecular flexibility index (Phi) is 5.30. The van der Waals surface area contributed by atoms with Crippen LogP contribution in [0.25, 0.3) is 11.0 Å². The van der Waals surface area contributed by atoms with E-state index in [2.05, 4.69) is 23.3 Å². The number of halogens is 1. The minimum absolute atomic E-state index is 0.